The smallest absolute Gasteiger partial charge is 0.254 e. The van der Waals surface area contributed by atoms with Crippen molar-refractivity contribution in [3.63, 3.8) is 0 Å². The number of hydrogen-bond donors (Lipinski definition) is 2. The van der Waals surface area contributed by atoms with Crippen LogP contribution in [0.15, 0.2) is 18.2 Å². The highest BCUT2D eigenvalue weighted by Gasteiger charge is 2.18. The lowest BCUT2D eigenvalue weighted by molar-refractivity contribution is 0.0925. The molecule has 0 aromatic heterocycles. The molecule has 106 valence electrons. The molecule has 6 heteroatoms. The summed E-state index contributed by atoms with van der Waals surface area (Å²) >= 11 is 0. The fraction of sp³-hybridized carbons (Fsp3) is 0.462. The number of piperidine rings is 1. The maximum absolute atomic E-state index is 13.7. The van der Waals surface area contributed by atoms with Crippen LogP contribution in [-0.2, 0) is 0 Å². The summed E-state index contributed by atoms with van der Waals surface area (Å²) in [5.74, 6) is -0.506. The van der Waals surface area contributed by atoms with Gasteiger partial charge in [-0.25, -0.2) is 4.39 Å². The van der Waals surface area contributed by atoms with E-state index in [1.165, 1.54) is 19.2 Å². The van der Waals surface area contributed by atoms with Gasteiger partial charge in [0, 0.05) is 12.1 Å². The van der Waals surface area contributed by atoms with Crippen molar-refractivity contribution in [3.05, 3.63) is 29.6 Å². The van der Waals surface area contributed by atoms with Gasteiger partial charge in [0.25, 0.3) is 5.91 Å². The van der Waals surface area contributed by atoms with Gasteiger partial charge in [0.1, 0.15) is 11.6 Å². The number of benzene rings is 1. The van der Waals surface area contributed by atoms with Gasteiger partial charge in [-0.05, 0) is 38.1 Å². The van der Waals surface area contributed by atoms with Crippen molar-refractivity contribution >= 4 is 18.3 Å². The molecule has 4 nitrogen and oxygen atoms in total. The van der Waals surface area contributed by atoms with Gasteiger partial charge in [-0.1, -0.05) is 0 Å². The summed E-state index contributed by atoms with van der Waals surface area (Å²) < 4.78 is 18.6. The van der Waals surface area contributed by atoms with Crippen molar-refractivity contribution < 1.29 is 13.9 Å². The van der Waals surface area contributed by atoms with Gasteiger partial charge in [0.05, 0.1) is 12.7 Å². The summed E-state index contributed by atoms with van der Waals surface area (Å²) in [6, 6.07) is 4.38. The minimum absolute atomic E-state index is 0. The Balaban J connectivity index is 0.00000180. The van der Waals surface area contributed by atoms with E-state index >= 15 is 0 Å². The van der Waals surface area contributed by atoms with Crippen LogP contribution < -0.4 is 15.4 Å². The lowest BCUT2D eigenvalue weighted by atomic mass is 10.1. The number of halogens is 2. The second-order valence-electron chi connectivity index (χ2n) is 4.34. The largest absolute Gasteiger partial charge is 0.497 e. The van der Waals surface area contributed by atoms with Gasteiger partial charge < -0.3 is 15.4 Å². The Morgan fingerprint density at radius 2 is 2.11 bits per heavy atom. The molecule has 0 bridgehead atoms. The molecular formula is C13H18ClFN2O2. The van der Waals surface area contributed by atoms with Crippen LogP contribution in [0.3, 0.4) is 0 Å². The van der Waals surface area contributed by atoms with Gasteiger partial charge in [-0.15, -0.1) is 12.4 Å². The van der Waals surface area contributed by atoms with Gasteiger partial charge in [0.2, 0.25) is 0 Å². The zero-order valence-electron chi connectivity index (χ0n) is 10.7. The topological polar surface area (TPSA) is 50.4 Å². The maximum atomic E-state index is 13.7. The summed E-state index contributed by atoms with van der Waals surface area (Å²) in [6.07, 6.45) is 1.76. The van der Waals surface area contributed by atoms with Crippen molar-refractivity contribution in [2.24, 2.45) is 0 Å². The molecule has 0 aliphatic carbocycles. The zero-order valence-corrected chi connectivity index (χ0v) is 11.6. The summed E-state index contributed by atoms with van der Waals surface area (Å²) in [7, 11) is 1.46. The molecule has 1 aromatic carbocycles. The fourth-order valence-corrected chi connectivity index (χ4v) is 2.04. The van der Waals surface area contributed by atoms with Crippen LogP contribution >= 0.6 is 12.4 Å². The van der Waals surface area contributed by atoms with Crippen molar-refractivity contribution in [3.8, 4) is 5.75 Å². The molecule has 0 atom stereocenters. The van der Waals surface area contributed by atoms with Crippen molar-refractivity contribution in [1.82, 2.24) is 10.6 Å². The summed E-state index contributed by atoms with van der Waals surface area (Å²) in [5, 5.41) is 6.07. The Morgan fingerprint density at radius 1 is 1.42 bits per heavy atom. The van der Waals surface area contributed by atoms with E-state index in [4.69, 9.17) is 4.74 Å². The second kappa shape index (κ2) is 7.31. The Kier molecular flexibility index (Phi) is 6.05. The normalized spacial score (nSPS) is 15.5. The highest BCUT2D eigenvalue weighted by molar-refractivity contribution is 5.94. The van der Waals surface area contributed by atoms with E-state index in [2.05, 4.69) is 10.6 Å². The molecule has 1 fully saturated rings. The first-order chi connectivity index (χ1) is 8.70. The predicted octanol–water partition coefficient (Wildman–Crippen LogP) is 1.74. The molecule has 1 aliphatic rings. The average Bonchev–Trinajstić information content (AvgIpc) is 2.39. The number of hydrogen-bond acceptors (Lipinski definition) is 3. The number of carbonyl (C=O) groups is 1. The van der Waals surface area contributed by atoms with E-state index in [0.717, 1.165) is 25.9 Å². The minimum Gasteiger partial charge on any atom is -0.497 e. The van der Waals surface area contributed by atoms with Crippen LogP contribution in [0.1, 0.15) is 23.2 Å². The molecule has 1 aliphatic heterocycles. The first kappa shape index (κ1) is 15.7. The number of rotatable bonds is 3. The average molecular weight is 289 g/mol. The van der Waals surface area contributed by atoms with Gasteiger partial charge in [-0.3, -0.25) is 4.79 Å². The monoisotopic (exact) mass is 288 g/mol. The fourth-order valence-electron chi connectivity index (χ4n) is 2.04. The molecule has 0 spiro atoms. The third kappa shape index (κ3) is 4.08. The Morgan fingerprint density at radius 3 is 2.68 bits per heavy atom. The summed E-state index contributed by atoms with van der Waals surface area (Å²) in [4.78, 5) is 11.9. The molecule has 0 saturated carbocycles. The van der Waals surface area contributed by atoms with Crippen LogP contribution in [0.2, 0.25) is 0 Å². The highest BCUT2D eigenvalue weighted by Crippen LogP contribution is 2.16. The number of nitrogens with one attached hydrogen (secondary N) is 2. The lowest BCUT2D eigenvalue weighted by Crippen LogP contribution is -2.42. The molecule has 0 unspecified atom stereocenters. The van der Waals surface area contributed by atoms with E-state index in [9.17, 15) is 9.18 Å². The van der Waals surface area contributed by atoms with Crippen LogP contribution in [0.4, 0.5) is 4.39 Å². The maximum Gasteiger partial charge on any atom is 0.254 e. The van der Waals surface area contributed by atoms with Crippen LogP contribution in [-0.4, -0.2) is 32.1 Å². The van der Waals surface area contributed by atoms with Crippen molar-refractivity contribution in [1.29, 1.82) is 0 Å². The van der Waals surface area contributed by atoms with E-state index < -0.39 is 5.82 Å². The third-order valence-corrected chi connectivity index (χ3v) is 3.10. The molecule has 2 rings (SSSR count). The van der Waals surface area contributed by atoms with E-state index in [1.807, 2.05) is 0 Å². The number of carbonyl (C=O) groups excluding carboxylic acids is 1. The first-order valence-electron chi connectivity index (χ1n) is 6.06. The molecule has 1 heterocycles. The van der Waals surface area contributed by atoms with Gasteiger partial charge >= 0.3 is 0 Å². The van der Waals surface area contributed by atoms with Gasteiger partial charge in [-0.2, -0.15) is 0 Å². The quantitative estimate of drug-likeness (QED) is 0.891. The Labute approximate surface area is 118 Å². The van der Waals surface area contributed by atoms with E-state index in [1.54, 1.807) is 6.07 Å². The number of methoxy groups -OCH3 is 1. The molecule has 19 heavy (non-hydrogen) atoms. The van der Waals surface area contributed by atoms with Crippen molar-refractivity contribution in [2.45, 2.75) is 18.9 Å². The highest BCUT2D eigenvalue weighted by atomic mass is 35.5. The molecule has 0 radical (unpaired) electrons. The number of amides is 1. The molecule has 1 saturated heterocycles. The van der Waals surface area contributed by atoms with Gasteiger partial charge in [0.15, 0.2) is 0 Å². The van der Waals surface area contributed by atoms with E-state index in [-0.39, 0.29) is 29.9 Å². The second-order valence-corrected chi connectivity index (χ2v) is 4.34. The predicted molar refractivity (Wildman–Crippen MR) is 73.6 cm³/mol. The molecular weight excluding hydrogens is 271 g/mol. The minimum atomic E-state index is -0.555. The SMILES string of the molecule is COc1ccc(C(=O)NC2CCNCC2)c(F)c1.Cl. The van der Waals surface area contributed by atoms with Crippen LogP contribution in [0.25, 0.3) is 0 Å². The molecule has 2 N–H and O–H groups in total. The Hall–Kier alpha value is -1.33. The van der Waals surface area contributed by atoms with Crippen molar-refractivity contribution in [2.75, 3.05) is 20.2 Å². The summed E-state index contributed by atoms with van der Waals surface area (Å²) in [6.45, 7) is 1.77. The first-order valence-corrected chi connectivity index (χ1v) is 6.06. The van der Waals surface area contributed by atoms with E-state index in [0.29, 0.717) is 5.75 Å². The lowest BCUT2D eigenvalue weighted by Gasteiger charge is -2.23. The number of ether oxygens (including phenoxy) is 1. The third-order valence-electron chi connectivity index (χ3n) is 3.10. The Bertz CT molecular complexity index is 437. The van der Waals surface area contributed by atoms with Crippen LogP contribution in [0.5, 0.6) is 5.75 Å². The molecule has 1 amide bonds. The molecule has 1 aromatic rings. The standard InChI is InChI=1S/C13H17FN2O2.ClH/c1-18-10-2-3-11(12(14)8-10)13(17)16-9-4-6-15-7-5-9;/h2-3,8-9,15H,4-7H2,1H3,(H,16,17);1H. The zero-order chi connectivity index (χ0) is 13.0. The van der Waals surface area contributed by atoms with Crippen LogP contribution in [0, 0.1) is 5.82 Å². The summed E-state index contributed by atoms with van der Waals surface area (Å²) in [5.41, 5.74) is 0.0642.